The molecule has 1 spiro atoms. The topological polar surface area (TPSA) is 86.5 Å². The predicted molar refractivity (Wildman–Crippen MR) is 103 cm³/mol. The Bertz CT molecular complexity index is 609. The Morgan fingerprint density at radius 2 is 2.11 bits per heavy atom. The second-order valence-corrected chi connectivity index (χ2v) is 7.54. The number of ether oxygens (including phenoxy) is 4. The summed E-state index contributed by atoms with van der Waals surface area (Å²) in [7, 11) is 0. The van der Waals surface area contributed by atoms with Gasteiger partial charge in [0.1, 0.15) is 11.9 Å². The summed E-state index contributed by atoms with van der Waals surface area (Å²) in [6.07, 6.45) is 6.54. The molecule has 3 aliphatic rings. The van der Waals surface area contributed by atoms with E-state index in [1.807, 2.05) is 12.1 Å². The Labute approximate surface area is 165 Å². The molecule has 156 valence electrons. The maximum absolute atomic E-state index is 6.18. The Morgan fingerprint density at radius 3 is 2.89 bits per heavy atom. The van der Waals surface area contributed by atoms with Gasteiger partial charge in [-0.15, -0.1) is 0 Å². The van der Waals surface area contributed by atoms with Crippen molar-refractivity contribution in [2.45, 2.75) is 50.1 Å². The van der Waals surface area contributed by atoms with Crippen molar-refractivity contribution in [2.24, 2.45) is 4.99 Å². The lowest BCUT2D eigenvalue weighted by molar-refractivity contribution is -0.210. The van der Waals surface area contributed by atoms with Gasteiger partial charge in [-0.25, -0.2) is 0 Å². The van der Waals surface area contributed by atoms with Crippen molar-refractivity contribution in [2.75, 3.05) is 46.1 Å². The SMILES string of the molecule is c1coc(CCNC(=NCC2COC3(CCOCC3)O2)NCC2CCCO2)c1. The lowest BCUT2D eigenvalue weighted by Gasteiger charge is -2.31. The summed E-state index contributed by atoms with van der Waals surface area (Å²) in [5.41, 5.74) is 0. The zero-order chi connectivity index (χ0) is 19.1. The summed E-state index contributed by atoms with van der Waals surface area (Å²) in [4.78, 5) is 4.74. The van der Waals surface area contributed by atoms with Crippen LogP contribution < -0.4 is 10.6 Å². The smallest absolute Gasteiger partial charge is 0.191 e. The fourth-order valence-corrected chi connectivity index (χ4v) is 3.79. The first-order chi connectivity index (χ1) is 13.8. The Kier molecular flexibility index (Phi) is 6.85. The first-order valence-corrected chi connectivity index (χ1v) is 10.4. The van der Waals surface area contributed by atoms with Gasteiger partial charge in [-0.3, -0.25) is 4.99 Å². The lowest BCUT2D eigenvalue weighted by atomic mass is 10.1. The van der Waals surface area contributed by atoms with E-state index in [-0.39, 0.29) is 12.2 Å². The fraction of sp³-hybridized carbons (Fsp3) is 0.750. The zero-order valence-corrected chi connectivity index (χ0v) is 16.4. The maximum Gasteiger partial charge on any atom is 0.191 e. The molecule has 0 amide bonds. The van der Waals surface area contributed by atoms with Crippen LogP contribution in [-0.4, -0.2) is 70.0 Å². The molecule has 3 saturated heterocycles. The molecule has 0 radical (unpaired) electrons. The van der Waals surface area contributed by atoms with E-state index in [1.165, 1.54) is 0 Å². The molecule has 0 bridgehead atoms. The van der Waals surface area contributed by atoms with E-state index in [1.54, 1.807) is 6.26 Å². The number of furan rings is 1. The normalized spacial score (nSPS) is 27.4. The van der Waals surface area contributed by atoms with Gasteiger partial charge >= 0.3 is 0 Å². The number of hydrogen-bond acceptors (Lipinski definition) is 6. The molecule has 4 heterocycles. The third-order valence-corrected chi connectivity index (χ3v) is 5.39. The van der Waals surface area contributed by atoms with Crippen molar-refractivity contribution in [3.8, 4) is 0 Å². The minimum Gasteiger partial charge on any atom is -0.469 e. The van der Waals surface area contributed by atoms with E-state index < -0.39 is 5.79 Å². The van der Waals surface area contributed by atoms with Crippen molar-refractivity contribution in [1.29, 1.82) is 0 Å². The van der Waals surface area contributed by atoms with Gasteiger partial charge in [-0.2, -0.15) is 0 Å². The zero-order valence-electron chi connectivity index (χ0n) is 16.4. The predicted octanol–water partition coefficient (Wildman–Crippen LogP) is 1.46. The Balaban J connectivity index is 1.27. The van der Waals surface area contributed by atoms with Gasteiger partial charge in [0, 0.05) is 39.0 Å². The largest absolute Gasteiger partial charge is 0.469 e. The van der Waals surface area contributed by atoms with E-state index in [0.717, 1.165) is 63.5 Å². The fourth-order valence-electron chi connectivity index (χ4n) is 3.79. The maximum atomic E-state index is 6.18. The molecule has 3 fully saturated rings. The highest BCUT2D eigenvalue weighted by Crippen LogP contribution is 2.33. The molecule has 2 atom stereocenters. The molecule has 2 unspecified atom stereocenters. The molecule has 8 nitrogen and oxygen atoms in total. The quantitative estimate of drug-likeness (QED) is 0.536. The van der Waals surface area contributed by atoms with Crippen LogP contribution in [0.4, 0.5) is 0 Å². The molecule has 0 aromatic carbocycles. The lowest BCUT2D eigenvalue weighted by Crippen LogP contribution is -2.42. The second kappa shape index (κ2) is 9.73. The van der Waals surface area contributed by atoms with Crippen molar-refractivity contribution >= 4 is 5.96 Å². The summed E-state index contributed by atoms with van der Waals surface area (Å²) in [6, 6.07) is 3.89. The highest BCUT2D eigenvalue weighted by molar-refractivity contribution is 5.79. The van der Waals surface area contributed by atoms with Crippen LogP contribution in [0.5, 0.6) is 0 Å². The van der Waals surface area contributed by atoms with Crippen LogP contribution in [0.15, 0.2) is 27.8 Å². The molecular weight excluding hydrogens is 362 g/mol. The van der Waals surface area contributed by atoms with E-state index in [4.69, 9.17) is 28.4 Å². The van der Waals surface area contributed by atoms with Crippen LogP contribution >= 0.6 is 0 Å². The van der Waals surface area contributed by atoms with Crippen molar-refractivity contribution in [3.63, 3.8) is 0 Å². The molecule has 2 N–H and O–H groups in total. The number of aliphatic imine (C=N–C) groups is 1. The third-order valence-electron chi connectivity index (χ3n) is 5.39. The van der Waals surface area contributed by atoms with E-state index >= 15 is 0 Å². The van der Waals surface area contributed by atoms with Crippen molar-refractivity contribution in [1.82, 2.24) is 10.6 Å². The third kappa shape index (κ3) is 5.47. The van der Waals surface area contributed by atoms with Crippen molar-refractivity contribution in [3.05, 3.63) is 24.2 Å². The van der Waals surface area contributed by atoms with Crippen LogP contribution in [0.3, 0.4) is 0 Å². The number of guanidine groups is 1. The van der Waals surface area contributed by atoms with Gasteiger partial charge in [0.05, 0.1) is 38.7 Å². The second-order valence-electron chi connectivity index (χ2n) is 7.54. The minimum atomic E-state index is -0.462. The van der Waals surface area contributed by atoms with Crippen LogP contribution in [0.2, 0.25) is 0 Å². The molecule has 3 aliphatic heterocycles. The first-order valence-electron chi connectivity index (χ1n) is 10.4. The Hall–Kier alpha value is -1.61. The summed E-state index contributed by atoms with van der Waals surface area (Å²) in [5.74, 6) is 1.27. The summed E-state index contributed by atoms with van der Waals surface area (Å²) in [6.45, 7) is 4.88. The van der Waals surface area contributed by atoms with E-state index in [0.29, 0.717) is 26.4 Å². The molecule has 1 aromatic heterocycles. The van der Waals surface area contributed by atoms with Crippen LogP contribution in [0.1, 0.15) is 31.4 Å². The van der Waals surface area contributed by atoms with Gasteiger partial charge in [0.25, 0.3) is 0 Å². The van der Waals surface area contributed by atoms with Gasteiger partial charge in [0.2, 0.25) is 0 Å². The average molecular weight is 393 g/mol. The van der Waals surface area contributed by atoms with Gasteiger partial charge in [-0.1, -0.05) is 0 Å². The van der Waals surface area contributed by atoms with Crippen molar-refractivity contribution < 1.29 is 23.4 Å². The molecular formula is C20H31N3O5. The minimum absolute atomic E-state index is 0.0236. The highest BCUT2D eigenvalue weighted by Gasteiger charge is 2.42. The molecule has 1 aromatic rings. The van der Waals surface area contributed by atoms with E-state index in [2.05, 4.69) is 10.6 Å². The standard InChI is InChI=1S/C20H31N3O5/c1-3-16(25-9-1)5-8-21-19(22-13-17-4-2-10-26-17)23-14-18-15-27-20(28-18)6-11-24-12-7-20/h1,3,9,17-18H,2,4-8,10-15H2,(H2,21,22,23). The first kappa shape index (κ1) is 19.7. The summed E-state index contributed by atoms with van der Waals surface area (Å²) < 4.78 is 28.6. The summed E-state index contributed by atoms with van der Waals surface area (Å²) in [5, 5.41) is 6.79. The number of rotatable bonds is 7. The van der Waals surface area contributed by atoms with Crippen LogP contribution in [-0.2, 0) is 25.4 Å². The monoisotopic (exact) mass is 393 g/mol. The van der Waals surface area contributed by atoms with E-state index in [9.17, 15) is 0 Å². The number of nitrogens with zero attached hydrogens (tertiary/aromatic N) is 1. The van der Waals surface area contributed by atoms with Crippen LogP contribution in [0.25, 0.3) is 0 Å². The van der Waals surface area contributed by atoms with Gasteiger partial charge in [0.15, 0.2) is 11.7 Å². The van der Waals surface area contributed by atoms with Gasteiger partial charge < -0.3 is 34.0 Å². The highest BCUT2D eigenvalue weighted by atomic mass is 16.7. The average Bonchev–Trinajstić information content (AvgIpc) is 3.47. The molecule has 8 heteroatoms. The van der Waals surface area contributed by atoms with Crippen LogP contribution in [0, 0.1) is 0 Å². The number of hydrogen-bond donors (Lipinski definition) is 2. The number of nitrogens with one attached hydrogen (secondary N) is 2. The molecule has 0 saturated carbocycles. The summed E-state index contributed by atoms with van der Waals surface area (Å²) >= 11 is 0. The molecule has 0 aliphatic carbocycles. The van der Waals surface area contributed by atoms with Gasteiger partial charge in [-0.05, 0) is 25.0 Å². The Morgan fingerprint density at radius 1 is 1.18 bits per heavy atom. The molecule has 28 heavy (non-hydrogen) atoms. The molecule has 4 rings (SSSR count).